The van der Waals surface area contributed by atoms with Crippen molar-refractivity contribution in [3.8, 4) is 23.0 Å². The molecule has 0 fully saturated rings. The van der Waals surface area contributed by atoms with Gasteiger partial charge in [-0.3, -0.25) is 0 Å². The number of benzene rings is 4. The summed E-state index contributed by atoms with van der Waals surface area (Å²) in [6.07, 6.45) is 4.39. The molecular weight excluding hydrogens is 892 g/mol. The average Bonchev–Trinajstić information content (AvgIpc) is 3.76. The van der Waals surface area contributed by atoms with Gasteiger partial charge in [0, 0.05) is 30.7 Å². The Bertz CT molecular complexity index is 2410. The largest absolute Gasteiger partial charge is 0.494 e. The first-order valence-electron chi connectivity index (χ1n) is 21.8. The summed E-state index contributed by atoms with van der Waals surface area (Å²) < 4.78 is 73.6. The predicted molar refractivity (Wildman–Crippen MR) is 249 cm³/mol. The van der Waals surface area contributed by atoms with Gasteiger partial charge in [0.25, 0.3) is 0 Å². The first-order chi connectivity index (χ1) is 32.4. The highest BCUT2D eigenvalue weighted by Crippen LogP contribution is 2.31. The molecule has 0 aliphatic heterocycles. The normalized spacial score (nSPS) is 11.2. The van der Waals surface area contributed by atoms with Gasteiger partial charge in [-0.05, 0) is 137 Å². The molecule has 0 unspecified atom stereocenters. The van der Waals surface area contributed by atoms with Gasteiger partial charge in [0.15, 0.2) is 0 Å². The van der Waals surface area contributed by atoms with Crippen LogP contribution in [0.15, 0.2) is 121 Å². The van der Waals surface area contributed by atoms with E-state index in [0.29, 0.717) is 48.6 Å². The Morgan fingerprint density at radius 2 is 1.16 bits per heavy atom. The van der Waals surface area contributed by atoms with E-state index in [1.54, 1.807) is 60.7 Å². The average molecular weight is 944 g/mol. The Kier molecular flexibility index (Phi) is 20.4. The van der Waals surface area contributed by atoms with E-state index < -0.39 is 36.5 Å². The fourth-order valence-electron chi connectivity index (χ4n) is 6.18. The van der Waals surface area contributed by atoms with Crippen molar-refractivity contribution in [2.75, 3.05) is 38.0 Å². The van der Waals surface area contributed by atoms with Crippen molar-refractivity contribution in [1.29, 1.82) is 0 Å². The number of unbranched alkanes of at least 4 members (excludes halogenated alkanes) is 6. The van der Waals surface area contributed by atoms with Crippen molar-refractivity contribution in [1.82, 2.24) is 4.98 Å². The lowest BCUT2D eigenvalue weighted by Crippen LogP contribution is -2.20. The fourth-order valence-corrected chi connectivity index (χ4v) is 7.13. The third-order valence-electron chi connectivity index (χ3n) is 9.68. The molecular formula is C50H52F3N3O10S. The number of hydrogen-bond donors (Lipinski definition) is 0. The number of ether oxygens (including phenoxy) is 6. The van der Waals surface area contributed by atoms with E-state index in [2.05, 4.69) is 23.2 Å². The van der Waals surface area contributed by atoms with Crippen molar-refractivity contribution in [3.05, 3.63) is 133 Å². The van der Waals surface area contributed by atoms with Gasteiger partial charge in [0.1, 0.15) is 23.0 Å². The van der Waals surface area contributed by atoms with Gasteiger partial charge in [-0.25, -0.2) is 29.2 Å². The second kappa shape index (κ2) is 26.8. The van der Waals surface area contributed by atoms with E-state index in [9.17, 15) is 32.3 Å². The smallest absolute Gasteiger partial charge is 0.389 e. The quantitative estimate of drug-likeness (QED) is 0.0117. The number of anilines is 1. The van der Waals surface area contributed by atoms with E-state index >= 15 is 0 Å². The molecule has 5 aromatic rings. The number of thiazole rings is 1. The van der Waals surface area contributed by atoms with Gasteiger partial charge in [-0.1, -0.05) is 36.6 Å². The molecule has 0 saturated heterocycles. The van der Waals surface area contributed by atoms with Gasteiger partial charge in [-0.15, -0.1) is 0 Å². The van der Waals surface area contributed by atoms with Crippen LogP contribution in [-0.2, 0) is 19.1 Å². The molecule has 0 aliphatic carbocycles. The Balaban J connectivity index is 1.25. The summed E-state index contributed by atoms with van der Waals surface area (Å²) in [6.45, 7) is 8.18. The highest BCUT2D eigenvalue weighted by Gasteiger charge is 2.27. The number of rotatable bonds is 28. The molecule has 67 heavy (non-hydrogen) atoms. The lowest BCUT2D eigenvalue weighted by atomic mass is 10.2. The minimum Gasteiger partial charge on any atom is -0.494 e. The molecule has 1 heterocycles. The molecule has 0 radical (unpaired) electrons. The molecule has 1 aromatic heterocycles. The summed E-state index contributed by atoms with van der Waals surface area (Å²) in [5, 5.41) is 6.23. The van der Waals surface area contributed by atoms with E-state index in [1.807, 2.05) is 12.1 Å². The fraction of sp³-hybridized carbons (Fsp3) is 0.320. The topological polar surface area (TPSA) is 152 Å². The number of hydrazone groups is 1. The minimum atomic E-state index is -4.38. The molecule has 0 N–H and O–H groups in total. The molecule has 0 saturated carbocycles. The third kappa shape index (κ3) is 18.1. The Morgan fingerprint density at radius 1 is 0.642 bits per heavy atom. The van der Waals surface area contributed by atoms with Gasteiger partial charge in [-0.2, -0.15) is 18.3 Å². The third-order valence-corrected chi connectivity index (χ3v) is 10.7. The number of para-hydroxylation sites is 1. The van der Waals surface area contributed by atoms with Gasteiger partial charge >= 0.3 is 30.1 Å². The van der Waals surface area contributed by atoms with Gasteiger partial charge in [0.2, 0.25) is 5.13 Å². The summed E-state index contributed by atoms with van der Waals surface area (Å²) in [6, 6.07) is 24.4. The SMILES string of the molecule is C=CC(=O)OCCCCCCOc1ccc(C(=O)Oc2ccc(OC(=O)c3ccc(OCCCCCCOC(=O)C=C)cc3)c(/C=N/N(CCCC(F)(F)F)c3nc4ccccc4s3)c2)cc1. The molecule has 5 rings (SSSR count). The summed E-state index contributed by atoms with van der Waals surface area (Å²) >= 11 is 1.26. The van der Waals surface area contributed by atoms with Gasteiger partial charge < -0.3 is 28.4 Å². The van der Waals surface area contributed by atoms with Crippen LogP contribution in [0.25, 0.3) is 10.2 Å². The molecule has 0 aliphatic rings. The number of esters is 4. The van der Waals surface area contributed by atoms with Crippen molar-refractivity contribution >= 4 is 56.8 Å². The van der Waals surface area contributed by atoms with Crippen LogP contribution < -0.4 is 24.0 Å². The lowest BCUT2D eigenvalue weighted by molar-refractivity contribution is -0.138. The number of fused-ring (bicyclic) bond motifs is 1. The summed E-state index contributed by atoms with van der Waals surface area (Å²) in [7, 11) is 0. The Morgan fingerprint density at radius 3 is 1.70 bits per heavy atom. The van der Waals surface area contributed by atoms with Gasteiger partial charge in [0.05, 0.1) is 54.0 Å². The zero-order chi connectivity index (χ0) is 47.9. The number of carbonyl (C=O) groups is 4. The minimum absolute atomic E-state index is 0.0327. The van der Waals surface area contributed by atoms with E-state index in [-0.39, 0.29) is 41.2 Å². The molecule has 354 valence electrons. The number of halogens is 3. The van der Waals surface area contributed by atoms with Crippen LogP contribution in [0.2, 0.25) is 0 Å². The maximum Gasteiger partial charge on any atom is 0.389 e. The monoisotopic (exact) mass is 943 g/mol. The molecule has 17 heteroatoms. The lowest BCUT2D eigenvalue weighted by Gasteiger charge is -2.17. The van der Waals surface area contributed by atoms with Crippen molar-refractivity contribution in [2.24, 2.45) is 5.10 Å². The predicted octanol–water partition coefficient (Wildman–Crippen LogP) is 11.3. The van der Waals surface area contributed by atoms with Crippen LogP contribution in [-0.4, -0.2) is 74.2 Å². The number of hydrogen-bond acceptors (Lipinski definition) is 14. The van der Waals surface area contributed by atoms with E-state index in [4.69, 9.17) is 28.4 Å². The highest BCUT2D eigenvalue weighted by atomic mass is 32.1. The van der Waals surface area contributed by atoms with E-state index in [1.165, 1.54) is 40.8 Å². The zero-order valence-electron chi connectivity index (χ0n) is 36.9. The van der Waals surface area contributed by atoms with Crippen LogP contribution in [0.4, 0.5) is 18.3 Å². The molecule has 0 atom stereocenters. The molecule has 0 spiro atoms. The number of alkyl halides is 3. The molecule has 0 amide bonds. The number of aromatic nitrogens is 1. The Labute approximate surface area is 390 Å². The van der Waals surface area contributed by atoms with E-state index in [0.717, 1.165) is 68.2 Å². The standard InChI is InChI=1S/C50H52F3N3O10S/c1-3-45(57)63-32-13-7-5-11-30-61-39-22-18-36(19-23-39)47(59)65-41-26-27-43(66-48(60)37-20-24-40(25-21-37)62-31-12-6-8-14-33-64-46(58)4-2)38(34-41)35-54-56(29-15-28-50(51,52)53)49-55-42-16-9-10-17-44(42)67-49/h3-4,9-10,16-27,34-35H,1-2,5-8,11-15,28-33H2/b54-35+. The second-order valence-corrected chi connectivity index (χ2v) is 15.9. The highest BCUT2D eigenvalue weighted by molar-refractivity contribution is 7.22. The molecule has 0 bridgehead atoms. The summed E-state index contributed by atoms with van der Waals surface area (Å²) in [4.78, 5) is 53.7. The first kappa shape index (κ1) is 51.0. The number of nitrogens with zero attached hydrogens (tertiary/aromatic N) is 3. The Hall–Kier alpha value is -7.01. The first-order valence-corrected chi connectivity index (χ1v) is 22.6. The number of carbonyl (C=O) groups excluding carboxylic acids is 4. The maximum absolute atomic E-state index is 13.5. The van der Waals surface area contributed by atoms with Crippen LogP contribution in [0, 0.1) is 0 Å². The zero-order valence-corrected chi connectivity index (χ0v) is 37.7. The second-order valence-electron chi connectivity index (χ2n) is 14.8. The van der Waals surface area contributed by atoms with Crippen LogP contribution in [0.1, 0.15) is 90.5 Å². The van der Waals surface area contributed by atoms with Crippen LogP contribution in [0.5, 0.6) is 23.0 Å². The van der Waals surface area contributed by atoms with Crippen LogP contribution >= 0.6 is 11.3 Å². The maximum atomic E-state index is 13.5. The van der Waals surface area contributed by atoms with Crippen molar-refractivity contribution in [3.63, 3.8) is 0 Å². The molecule has 4 aromatic carbocycles. The summed E-state index contributed by atoms with van der Waals surface area (Å²) in [5.41, 5.74) is 1.27. The van der Waals surface area contributed by atoms with Crippen molar-refractivity contribution < 1.29 is 60.8 Å². The summed E-state index contributed by atoms with van der Waals surface area (Å²) in [5.74, 6) is -1.07. The van der Waals surface area contributed by atoms with Crippen LogP contribution in [0.3, 0.4) is 0 Å². The molecule has 13 nitrogen and oxygen atoms in total. The van der Waals surface area contributed by atoms with Crippen molar-refractivity contribution in [2.45, 2.75) is 70.4 Å².